The number of carboxylic acid groups (broad SMARTS) is 2. The van der Waals surface area contributed by atoms with E-state index in [1.807, 2.05) is 36.4 Å². The monoisotopic (exact) mass is 848 g/mol. The number of hydrogen-bond acceptors (Lipinski definition) is 14. The molecule has 4 aromatic carbocycles. The Balaban J connectivity index is 0.000000234. The standard InChI is InChI=1S/C18H16O10S2.C18H16O4.H2O4S/c19-17(20)5-6-18(21)28-9-16-12-3-1-10(29(22,23)24)7-14(12)15-8-11(30(25,26)27)2-4-13(15)16;19-17(20)9-10-18(21)22-11-16-14-7-3-1-5-12(14)13-6-2-4-8-15(13)16;1-5(2,3)4/h1-4,7-8,16H,5-6,9H2,(H,19,20)(H,22,23,24)(H,25,26,27);1-8,16H,9-11H2,(H,19,20);(H2,1,2,3,4)/p-2. The summed E-state index contributed by atoms with van der Waals surface area (Å²) < 4.78 is 110. The Morgan fingerprint density at radius 3 is 1.14 bits per heavy atom. The predicted molar refractivity (Wildman–Crippen MR) is 193 cm³/mol. The second-order valence-electron chi connectivity index (χ2n) is 12.3. The summed E-state index contributed by atoms with van der Waals surface area (Å²) in [6, 6.07) is 23.2. The Morgan fingerprint density at radius 2 is 0.825 bits per heavy atom. The van der Waals surface area contributed by atoms with Crippen molar-refractivity contribution in [2.45, 2.75) is 47.3 Å². The molecule has 4 N–H and O–H groups in total. The van der Waals surface area contributed by atoms with Gasteiger partial charge >= 0.3 is 34.3 Å². The van der Waals surface area contributed by atoms with Crippen LogP contribution in [0.25, 0.3) is 22.3 Å². The summed E-state index contributed by atoms with van der Waals surface area (Å²) in [5, 5.41) is 17.2. The van der Waals surface area contributed by atoms with Crippen LogP contribution in [-0.2, 0) is 59.3 Å². The van der Waals surface area contributed by atoms with Gasteiger partial charge in [-0.15, -0.1) is 0 Å². The fraction of sp³-hybridized carbons (Fsp3) is 0.222. The zero-order chi connectivity index (χ0) is 42.3. The number of carbonyl (C=O) groups excluding carboxylic acids is 2. The number of fused-ring (bicyclic) bond motifs is 6. The van der Waals surface area contributed by atoms with Gasteiger partial charge in [-0.25, -0.2) is 16.8 Å². The molecule has 6 rings (SSSR count). The summed E-state index contributed by atoms with van der Waals surface area (Å²) in [6.07, 6.45) is -1.05. The van der Waals surface area contributed by atoms with Gasteiger partial charge in [0.05, 0.1) is 35.5 Å². The zero-order valence-electron chi connectivity index (χ0n) is 29.2. The fourth-order valence-corrected chi connectivity index (χ4v) is 7.15. The molecule has 0 unspecified atom stereocenters. The number of hydrogen-bond donors (Lipinski definition) is 4. The molecule has 0 spiro atoms. The predicted octanol–water partition coefficient (Wildman–Crippen LogP) is 3.57. The molecule has 0 heterocycles. The third kappa shape index (κ3) is 12.2. The number of carboxylic acids is 2. The number of benzene rings is 4. The van der Waals surface area contributed by atoms with Crippen LogP contribution in [0, 0.1) is 0 Å². The van der Waals surface area contributed by atoms with Gasteiger partial charge in [0.1, 0.15) is 33.5 Å². The lowest BCUT2D eigenvalue weighted by molar-refractivity contribution is -0.148. The molecule has 18 nitrogen and oxygen atoms in total. The molecular formula is C36H32O18S3-2. The van der Waals surface area contributed by atoms with E-state index < -0.39 is 76.6 Å². The minimum atomic E-state index is -4.80. The molecule has 0 bridgehead atoms. The molecular weight excluding hydrogens is 817 g/mol. The van der Waals surface area contributed by atoms with E-state index in [1.54, 1.807) is 0 Å². The maximum atomic E-state index is 11.8. The molecule has 0 atom stereocenters. The highest BCUT2D eigenvalue weighted by atomic mass is 32.3. The van der Waals surface area contributed by atoms with Crippen LogP contribution in [0.5, 0.6) is 0 Å². The molecule has 0 radical (unpaired) electrons. The number of esters is 2. The molecule has 0 saturated heterocycles. The number of aliphatic carboxylic acids is 2. The molecule has 0 fully saturated rings. The first kappa shape index (κ1) is 44.2. The SMILES string of the molecule is O=C(O)CCC(=O)OCC1c2ccc(S(=O)(=O)[O-])cc2-c2cc(S(=O)(=O)[O-])ccc21.O=C(O)CCC(=O)OCC1c2ccccc2-c2ccccc21.O=S(=O)(O)O. The van der Waals surface area contributed by atoms with Gasteiger partial charge in [0.15, 0.2) is 0 Å². The molecule has 0 amide bonds. The first-order valence-electron chi connectivity index (χ1n) is 16.4. The van der Waals surface area contributed by atoms with Crippen molar-refractivity contribution in [2.75, 3.05) is 13.2 Å². The van der Waals surface area contributed by atoms with Crippen molar-refractivity contribution in [2.24, 2.45) is 0 Å². The second-order valence-corrected chi connectivity index (χ2v) is 15.9. The Morgan fingerprint density at radius 1 is 0.509 bits per heavy atom. The van der Waals surface area contributed by atoms with E-state index in [-0.39, 0.29) is 49.5 Å². The maximum Gasteiger partial charge on any atom is 0.394 e. The van der Waals surface area contributed by atoms with Crippen molar-refractivity contribution in [3.8, 4) is 22.3 Å². The zero-order valence-corrected chi connectivity index (χ0v) is 31.7. The van der Waals surface area contributed by atoms with E-state index in [4.69, 9.17) is 37.2 Å². The first-order valence-corrected chi connectivity index (χ1v) is 20.6. The summed E-state index contributed by atoms with van der Waals surface area (Å²) in [7, 11) is -14.3. The number of carbonyl (C=O) groups is 4. The summed E-state index contributed by atoms with van der Waals surface area (Å²) in [6.45, 7) is 0.0118. The van der Waals surface area contributed by atoms with Crippen molar-refractivity contribution < 1.29 is 82.3 Å². The molecule has 0 aliphatic heterocycles. The van der Waals surface area contributed by atoms with Gasteiger partial charge < -0.3 is 28.8 Å². The van der Waals surface area contributed by atoms with Gasteiger partial charge in [-0.1, -0.05) is 60.7 Å². The van der Waals surface area contributed by atoms with Crippen molar-refractivity contribution >= 4 is 54.5 Å². The van der Waals surface area contributed by atoms with Crippen LogP contribution in [0.2, 0.25) is 0 Å². The molecule has 0 aromatic heterocycles. The molecule has 21 heteroatoms. The molecule has 0 saturated carbocycles. The molecule has 2 aliphatic rings. The van der Waals surface area contributed by atoms with Crippen LogP contribution in [0.3, 0.4) is 0 Å². The van der Waals surface area contributed by atoms with Gasteiger partial charge in [-0.3, -0.25) is 28.3 Å². The molecule has 57 heavy (non-hydrogen) atoms. The van der Waals surface area contributed by atoms with E-state index in [2.05, 4.69) is 12.1 Å². The van der Waals surface area contributed by atoms with Gasteiger partial charge in [0.2, 0.25) is 0 Å². The van der Waals surface area contributed by atoms with Crippen molar-refractivity contribution in [3.63, 3.8) is 0 Å². The minimum absolute atomic E-state index is 0.0150. The van der Waals surface area contributed by atoms with Crippen LogP contribution in [-0.4, -0.2) is 90.8 Å². The fourth-order valence-electron chi connectivity index (χ4n) is 6.16. The lowest BCUT2D eigenvalue weighted by Gasteiger charge is -2.15. The Kier molecular flexibility index (Phi) is 14.1. The molecule has 304 valence electrons. The summed E-state index contributed by atoms with van der Waals surface area (Å²) in [5.74, 6) is -4.00. The summed E-state index contributed by atoms with van der Waals surface area (Å²) in [5.41, 5.74) is 6.00. The van der Waals surface area contributed by atoms with Crippen LogP contribution in [0.15, 0.2) is 94.7 Å². The summed E-state index contributed by atoms with van der Waals surface area (Å²) in [4.78, 5) is 43.4. The number of rotatable bonds is 12. The highest BCUT2D eigenvalue weighted by molar-refractivity contribution is 7.86. The lowest BCUT2D eigenvalue weighted by Crippen LogP contribution is -2.13. The van der Waals surface area contributed by atoms with Crippen molar-refractivity contribution in [3.05, 3.63) is 107 Å². The second kappa shape index (κ2) is 18.1. The van der Waals surface area contributed by atoms with Crippen LogP contribution >= 0.6 is 0 Å². The van der Waals surface area contributed by atoms with Gasteiger partial charge in [0.25, 0.3) is 0 Å². The van der Waals surface area contributed by atoms with Crippen molar-refractivity contribution in [1.82, 2.24) is 0 Å². The largest absolute Gasteiger partial charge is 0.744 e. The average Bonchev–Trinajstić information content (AvgIpc) is 3.61. The molecule has 4 aromatic rings. The number of ether oxygens (including phenoxy) is 2. The van der Waals surface area contributed by atoms with Crippen LogP contribution < -0.4 is 0 Å². The third-order valence-corrected chi connectivity index (χ3v) is 10.2. The topological polar surface area (TPSA) is 316 Å². The van der Waals surface area contributed by atoms with Gasteiger partial charge in [-0.2, -0.15) is 8.42 Å². The Bertz CT molecular complexity index is 2400. The van der Waals surface area contributed by atoms with E-state index in [0.29, 0.717) is 11.1 Å². The maximum absolute atomic E-state index is 11.8. The highest BCUT2D eigenvalue weighted by Gasteiger charge is 2.32. The Labute approximate surface area is 325 Å². The van der Waals surface area contributed by atoms with E-state index in [0.717, 1.165) is 35.4 Å². The third-order valence-electron chi connectivity index (χ3n) is 8.54. The van der Waals surface area contributed by atoms with Gasteiger partial charge in [-0.05, 0) is 68.8 Å². The van der Waals surface area contributed by atoms with Crippen LogP contribution in [0.1, 0.15) is 59.8 Å². The molecule has 2 aliphatic carbocycles. The smallest absolute Gasteiger partial charge is 0.394 e. The van der Waals surface area contributed by atoms with Crippen molar-refractivity contribution in [1.29, 1.82) is 0 Å². The highest BCUT2D eigenvalue weighted by Crippen LogP contribution is 2.47. The Hall–Kier alpha value is -5.55. The lowest BCUT2D eigenvalue weighted by atomic mass is 9.98. The summed E-state index contributed by atoms with van der Waals surface area (Å²) >= 11 is 0. The normalized spacial score (nSPS) is 13.0. The van der Waals surface area contributed by atoms with E-state index in [1.165, 1.54) is 23.3 Å². The van der Waals surface area contributed by atoms with E-state index in [9.17, 15) is 45.1 Å². The minimum Gasteiger partial charge on any atom is -0.744 e. The van der Waals surface area contributed by atoms with Crippen LogP contribution in [0.4, 0.5) is 0 Å². The average molecular weight is 849 g/mol. The van der Waals surface area contributed by atoms with Gasteiger partial charge in [0, 0.05) is 11.8 Å². The van der Waals surface area contributed by atoms with E-state index >= 15 is 0 Å². The quantitative estimate of drug-likeness (QED) is 0.117. The first-order chi connectivity index (χ1) is 26.5.